The minimum absolute atomic E-state index is 0.00733. The summed E-state index contributed by atoms with van der Waals surface area (Å²) in [6.07, 6.45) is 2.26. The molecule has 0 radical (unpaired) electrons. The van der Waals surface area contributed by atoms with E-state index in [2.05, 4.69) is 60.1 Å². The van der Waals surface area contributed by atoms with Crippen molar-refractivity contribution in [3.05, 3.63) is 63.1 Å². The van der Waals surface area contributed by atoms with E-state index in [0.717, 1.165) is 34.1 Å². The molecule has 4 unspecified atom stereocenters. The van der Waals surface area contributed by atoms with Crippen LogP contribution in [0.2, 0.25) is 24.7 Å². The molecule has 2 heterocycles. The summed E-state index contributed by atoms with van der Waals surface area (Å²) in [5, 5.41) is 6.93. The normalized spacial score (nSPS) is 26.9. The summed E-state index contributed by atoms with van der Waals surface area (Å²) in [4.78, 5) is 26.4. The zero-order valence-electron chi connectivity index (χ0n) is 21.9. The molecule has 2 aliphatic heterocycles. The van der Waals surface area contributed by atoms with Gasteiger partial charge in [-0.15, -0.1) is 0 Å². The van der Waals surface area contributed by atoms with Crippen molar-refractivity contribution in [3.63, 3.8) is 0 Å². The van der Waals surface area contributed by atoms with Crippen molar-refractivity contribution in [2.24, 2.45) is 5.41 Å². The molecule has 1 saturated heterocycles. The van der Waals surface area contributed by atoms with Crippen LogP contribution in [-0.4, -0.2) is 38.8 Å². The summed E-state index contributed by atoms with van der Waals surface area (Å²) >= 11 is 9.79. The Labute approximate surface area is 228 Å². The maximum absolute atomic E-state index is 13.7. The Morgan fingerprint density at radius 3 is 2.39 bits per heavy atom. The van der Waals surface area contributed by atoms with E-state index in [-0.39, 0.29) is 35.6 Å². The van der Waals surface area contributed by atoms with E-state index in [0.29, 0.717) is 10.7 Å². The molecule has 2 amide bonds. The Hall–Kier alpha value is -1.67. The SMILES string of the molecule is CC1(C2NC(=O)CC(c3cccc(Cl)c3)C23C(=O)Nc2cc(Br)ccc23)CC1.COC(C)[Si](C)(C)C. The first-order valence-corrected chi connectivity index (χ1v) is 17.3. The van der Waals surface area contributed by atoms with Gasteiger partial charge in [-0.2, -0.15) is 0 Å². The number of halogens is 2. The molecule has 1 saturated carbocycles. The molecule has 2 N–H and O–H groups in total. The molecule has 0 aromatic heterocycles. The van der Waals surface area contributed by atoms with Gasteiger partial charge in [0.15, 0.2) is 0 Å². The molecule has 4 atom stereocenters. The Bertz CT molecular complexity index is 1180. The fourth-order valence-electron chi connectivity index (χ4n) is 5.51. The van der Waals surface area contributed by atoms with E-state index in [1.165, 1.54) is 0 Å². The van der Waals surface area contributed by atoms with Crippen molar-refractivity contribution in [3.8, 4) is 0 Å². The highest BCUT2D eigenvalue weighted by Gasteiger charge is 2.67. The molecule has 5 rings (SSSR count). The van der Waals surface area contributed by atoms with Crippen LogP contribution in [0.5, 0.6) is 0 Å². The van der Waals surface area contributed by atoms with Crippen molar-refractivity contribution in [1.29, 1.82) is 0 Å². The maximum atomic E-state index is 13.7. The predicted octanol–water partition coefficient (Wildman–Crippen LogP) is 6.66. The second-order valence-electron chi connectivity index (χ2n) is 11.7. The molecule has 2 fully saturated rings. The average Bonchev–Trinajstić information content (AvgIpc) is 3.50. The number of ether oxygens (including phenoxy) is 1. The number of nitrogens with one attached hydrogen (secondary N) is 2. The van der Waals surface area contributed by atoms with E-state index < -0.39 is 13.5 Å². The summed E-state index contributed by atoms with van der Waals surface area (Å²) in [5.41, 5.74) is 2.27. The number of carbonyl (C=O) groups is 2. The topological polar surface area (TPSA) is 67.4 Å². The van der Waals surface area contributed by atoms with Gasteiger partial charge in [-0.3, -0.25) is 9.59 Å². The van der Waals surface area contributed by atoms with Crippen LogP contribution in [0.25, 0.3) is 0 Å². The molecule has 1 spiro atoms. The predicted molar refractivity (Wildman–Crippen MR) is 152 cm³/mol. The standard InChI is InChI=1S/C22H20BrClN2O2.C6H16OSi/c1-21(7-8-21)19-22(15-6-5-13(23)10-17(15)25-20(22)28)16(11-18(27)26-19)12-3-2-4-14(24)9-12;1-6(7-2)8(3,4)5/h2-6,9-10,16,19H,7-8,11H2,1H3,(H,25,28)(H,26,27);6H,1-5H3. The lowest BCUT2D eigenvalue weighted by atomic mass is 9.57. The fraction of sp³-hybridized carbons (Fsp3) is 0.500. The Balaban J connectivity index is 0.000000331. The van der Waals surface area contributed by atoms with E-state index in [1.807, 2.05) is 42.5 Å². The number of amides is 2. The molecule has 1 aliphatic carbocycles. The van der Waals surface area contributed by atoms with Gasteiger partial charge in [-0.05, 0) is 60.6 Å². The zero-order chi connectivity index (χ0) is 26.5. The maximum Gasteiger partial charge on any atom is 0.237 e. The smallest absolute Gasteiger partial charge is 0.237 e. The number of hydrogen-bond acceptors (Lipinski definition) is 3. The highest BCUT2D eigenvalue weighted by atomic mass is 79.9. The van der Waals surface area contributed by atoms with Gasteiger partial charge in [0, 0.05) is 40.4 Å². The summed E-state index contributed by atoms with van der Waals surface area (Å²) in [6.45, 7) is 11.2. The molecule has 5 nitrogen and oxygen atoms in total. The third-order valence-electron chi connectivity index (χ3n) is 8.31. The number of benzene rings is 2. The van der Waals surface area contributed by atoms with Crippen molar-refractivity contribution in [1.82, 2.24) is 5.32 Å². The Kier molecular flexibility index (Phi) is 7.52. The van der Waals surface area contributed by atoms with Crippen LogP contribution in [0.4, 0.5) is 5.69 Å². The summed E-state index contributed by atoms with van der Waals surface area (Å²) in [7, 11) is 0.798. The van der Waals surface area contributed by atoms with E-state index in [1.54, 1.807) is 7.11 Å². The van der Waals surface area contributed by atoms with Gasteiger partial charge >= 0.3 is 0 Å². The summed E-state index contributed by atoms with van der Waals surface area (Å²) in [6, 6.07) is 13.3. The van der Waals surface area contributed by atoms with Gasteiger partial charge in [0.2, 0.25) is 11.8 Å². The van der Waals surface area contributed by atoms with Gasteiger partial charge < -0.3 is 15.4 Å². The molecular formula is C28H36BrClN2O3Si. The Morgan fingerprint density at radius 2 is 1.83 bits per heavy atom. The largest absolute Gasteiger partial charge is 0.385 e. The molecule has 0 bridgehead atoms. The molecule has 36 heavy (non-hydrogen) atoms. The molecule has 8 heteroatoms. The number of anilines is 1. The number of carbonyl (C=O) groups excluding carboxylic acids is 2. The van der Waals surface area contributed by atoms with Gasteiger partial charge in [0.1, 0.15) is 5.41 Å². The van der Waals surface area contributed by atoms with Crippen LogP contribution in [-0.2, 0) is 19.7 Å². The van der Waals surface area contributed by atoms with E-state index in [9.17, 15) is 9.59 Å². The highest BCUT2D eigenvalue weighted by Crippen LogP contribution is 2.62. The van der Waals surface area contributed by atoms with Crippen molar-refractivity contribution in [2.75, 3.05) is 12.4 Å². The first-order valence-electron chi connectivity index (χ1n) is 12.5. The van der Waals surface area contributed by atoms with Crippen molar-refractivity contribution in [2.45, 2.75) is 75.9 Å². The number of fused-ring (bicyclic) bond motifs is 2. The second-order valence-corrected chi connectivity index (χ2v) is 18.6. The first-order chi connectivity index (χ1) is 16.8. The number of methoxy groups -OCH3 is 1. The third-order valence-corrected chi connectivity index (χ3v) is 11.7. The highest BCUT2D eigenvalue weighted by molar-refractivity contribution is 9.10. The summed E-state index contributed by atoms with van der Waals surface area (Å²) in [5.74, 6) is -0.319. The molecule has 2 aromatic rings. The monoisotopic (exact) mass is 590 g/mol. The average molecular weight is 592 g/mol. The fourth-order valence-corrected chi connectivity index (χ4v) is 6.78. The lowest BCUT2D eigenvalue weighted by Gasteiger charge is -2.49. The quantitative estimate of drug-likeness (QED) is 0.391. The lowest BCUT2D eigenvalue weighted by molar-refractivity contribution is -0.132. The van der Waals surface area contributed by atoms with Gasteiger partial charge in [-0.1, -0.05) is 72.3 Å². The second kappa shape index (κ2) is 9.90. The lowest BCUT2D eigenvalue weighted by Crippen LogP contribution is -2.64. The van der Waals surface area contributed by atoms with Crippen molar-refractivity contribution < 1.29 is 14.3 Å². The van der Waals surface area contributed by atoms with Gasteiger partial charge in [0.25, 0.3) is 0 Å². The first kappa shape index (κ1) is 27.4. The van der Waals surface area contributed by atoms with Crippen LogP contribution in [0.15, 0.2) is 46.9 Å². The van der Waals surface area contributed by atoms with Crippen LogP contribution in [0, 0.1) is 5.41 Å². The summed E-state index contributed by atoms with van der Waals surface area (Å²) < 4.78 is 6.09. The van der Waals surface area contributed by atoms with Crippen molar-refractivity contribution >= 4 is 53.1 Å². The third kappa shape index (κ3) is 4.92. The Morgan fingerprint density at radius 1 is 1.14 bits per heavy atom. The van der Waals surface area contributed by atoms with Gasteiger partial charge in [-0.25, -0.2) is 0 Å². The molecular weight excluding hydrogens is 556 g/mol. The molecule has 194 valence electrons. The zero-order valence-corrected chi connectivity index (χ0v) is 25.2. The van der Waals surface area contributed by atoms with E-state index >= 15 is 0 Å². The van der Waals surface area contributed by atoms with Gasteiger partial charge in [0.05, 0.1) is 14.1 Å². The van der Waals surface area contributed by atoms with Crippen LogP contribution >= 0.6 is 27.5 Å². The minimum Gasteiger partial charge on any atom is -0.385 e. The molecule has 2 aromatic carbocycles. The van der Waals surface area contributed by atoms with Crippen LogP contribution in [0.3, 0.4) is 0 Å². The number of hydrogen-bond donors (Lipinski definition) is 2. The van der Waals surface area contributed by atoms with Crippen LogP contribution < -0.4 is 10.6 Å². The number of piperidine rings is 1. The molecule has 3 aliphatic rings. The van der Waals surface area contributed by atoms with E-state index in [4.69, 9.17) is 16.3 Å². The van der Waals surface area contributed by atoms with Crippen LogP contribution in [0.1, 0.15) is 50.2 Å². The number of rotatable bonds is 4. The minimum atomic E-state index is -0.983.